The maximum atomic E-state index is 11.6. The molecule has 1 rings (SSSR count). The van der Waals surface area contributed by atoms with Gasteiger partial charge >= 0.3 is 5.97 Å². The number of carboxylic acids is 1. The van der Waals surface area contributed by atoms with Crippen molar-refractivity contribution in [3.05, 3.63) is 34.9 Å². The van der Waals surface area contributed by atoms with Gasteiger partial charge in [-0.3, -0.25) is 4.79 Å². The predicted molar refractivity (Wildman–Crippen MR) is 74.0 cm³/mol. The summed E-state index contributed by atoms with van der Waals surface area (Å²) < 4.78 is 0. The van der Waals surface area contributed by atoms with Crippen LogP contribution in [0.25, 0.3) is 0 Å². The van der Waals surface area contributed by atoms with Gasteiger partial charge in [0.15, 0.2) is 0 Å². The number of aliphatic carboxylic acids is 1. The number of hydrogen-bond acceptors (Lipinski definition) is 2. The highest BCUT2D eigenvalue weighted by Crippen LogP contribution is 2.15. The zero-order chi connectivity index (χ0) is 14.6. The van der Waals surface area contributed by atoms with Crippen LogP contribution in [0.1, 0.15) is 30.5 Å². The fourth-order valence-corrected chi connectivity index (χ4v) is 1.91. The maximum Gasteiger partial charge on any atom is 0.326 e. The minimum Gasteiger partial charge on any atom is -0.480 e. The van der Waals surface area contributed by atoms with Crippen LogP contribution in [0.2, 0.25) is 0 Å². The summed E-state index contributed by atoms with van der Waals surface area (Å²) in [5.74, 6) is -1.46. The third-order valence-corrected chi connectivity index (χ3v) is 3.19. The number of carboxylic acid groups (broad SMARTS) is 1. The van der Waals surface area contributed by atoms with Crippen LogP contribution in [-0.2, 0) is 16.0 Å². The number of nitrogens with one attached hydrogen (secondary N) is 1. The van der Waals surface area contributed by atoms with Gasteiger partial charge in [-0.15, -0.1) is 0 Å². The van der Waals surface area contributed by atoms with Crippen LogP contribution < -0.4 is 5.32 Å². The van der Waals surface area contributed by atoms with Gasteiger partial charge in [-0.05, 0) is 30.5 Å². The smallest absolute Gasteiger partial charge is 0.326 e. The van der Waals surface area contributed by atoms with Gasteiger partial charge in [0.1, 0.15) is 6.04 Å². The summed E-state index contributed by atoms with van der Waals surface area (Å²) in [6.07, 6.45) is 0.312. The molecule has 1 aromatic carbocycles. The van der Waals surface area contributed by atoms with E-state index in [1.54, 1.807) is 13.8 Å². The van der Waals surface area contributed by atoms with Crippen LogP contribution in [0.5, 0.6) is 0 Å². The van der Waals surface area contributed by atoms with Crippen LogP contribution in [0.4, 0.5) is 0 Å². The zero-order valence-corrected chi connectivity index (χ0v) is 11.9. The molecule has 0 saturated carbocycles. The molecule has 0 fully saturated rings. The first-order valence-corrected chi connectivity index (χ1v) is 6.41. The molecule has 4 heteroatoms. The van der Waals surface area contributed by atoms with Gasteiger partial charge < -0.3 is 10.4 Å². The lowest BCUT2D eigenvalue weighted by Crippen LogP contribution is -2.44. The Bertz CT molecular complexity index is 460. The monoisotopic (exact) mass is 263 g/mol. The Morgan fingerprint density at radius 3 is 2.16 bits per heavy atom. The van der Waals surface area contributed by atoms with E-state index < -0.39 is 12.0 Å². The summed E-state index contributed by atoms with van der Waals surface area (Å²) in [5, 5.41) is 11.8. The standard InChI is InChI=1S/C15H21NO3/c1-9(2)14(17)16-13(15(18)19)8-12-10(3)6-5-7-11(12)4/h5-7,9,13H,8H2,1-4H3,(H,16,17)(H,18,19)/t13-/m0/s1. The van der Waals surface area contributed by atoms with Gasteiger partial charge in [-0.25, -0.2) is 4.79 Å². The van der Waals surface area contributed by atoms with E-state index in [0.717, 1.165) is 16.7 Å². The molecule has 1 atom stereocenters. The summed E-state index contributed by atoms with van der Waals surface area (Å²) in [5.41, 5.74) is 3.08. The van der Waals surface area contributed by atoms with E-state index in [0.29, 0.717) is 6.42 Å². The summed E-state index contributed by atoms with van der Waals surface area (Å²) in [6, 6.07) is 4.96. The van der Waals surface area contributed by atoms with E-state index in [1.165, 1.54) is 0 Å². The molecule has 0 heterocycles. The Balaban J connectivity index is 2.91. The average Bonchev–Trinajstić information content (AvgIpc) is 2.31. The Morgan fingerprint density at radius 1 is 1.21 bits per heavy atom. The van der Waals surface area contributed by atoms with Gasteiger partial charge in [0.25, 0.3) is 0 Å². The van der Waals surface area contributed by atoms with Crippen molar-refractivity contribution >= 4 is 11.9 Å². The molecule has 104 valence electrons. The van der Waals surface area contributed by atoms with E-state index >= 15 is 0 Å². The molecule has 0 bridgehead atoms. The van der Waals surface area contributed by atoms with Crippen molar-refractivity contribution in [3.63, 3.8) is 0 Å². The molecule has 4 nitrogen and oxygen atoms in total. The number of aryl methyl sites for hydroxylation is 2. The molecule has 1 aromatic rings. The molecule has 0 aliphatic rings. The van der Waals surface area contributed by atoms with Gasteiger partial charge in [-0.2, -0.15) is 0 Å². The lowest BCUT2D eigenvalue weighted by atomic mass is 9.96. The van der Waals surface area contributed by atoms with Crippen molar-refractivity contribution in [3.8, 4) is 0 Å². The van der Waals surface area contributed by atoms with Gasteiger partial charge in [-0.1, -0.05) is 32.0 Å². The summed E-state index contributed by atoms with van der Waals surface area (Å²) in [7, 11) is 0. The quantitative estimate of drug-likeness (QED) is 0.854. The predicted octanol–water partition coefficient (Wildman–Crippen LogP) is 2.07. The largest absolute Gasteiger partial charge is 0.480 e. The Hall–Kier alpha value is -1.84. The third-order valence-electron chi connectivity index (χ3n) is 3.19. The fourth-order valence-electron chi connectivity index (χ4n) is 1.91. The molecular weight excluding hydrogens is 242 g/mol. The van der Waals surface area contributed by atoms with Crippen molar-refractivity contribution in [2.75, 3.05) is 0 Å². The number of carbonyl (C=O) groups excluding carboxylic acids is 1. The molecule has 0 spiro atoms. The highest BCUT2D eigenvalue weighted by Gasteiger charge is 2.22. The SMILES string of the molecule is Cc1cccc(C)c1C[C@H](NC(=O)C(C)C)C(=O)O. The van der Waals surface area contributed by atoms with E-state index in [-0.39, 0.29) is 11.8 Å². The topological polar surface area (TPSA) is 66.4 Å². The average molecular weight is 263 g/mol. The summed E-state index contributed by atoms with van der Waals surface area (Å²) >= 11 is 0. The number of hydrogen-bond donors (Lipinski definition) is 2. The highest BCUT2D eigenvalue weighted by molar-refractivity contribution is 5.84. The normalized spacial score (nSPS) is 12.3. The number of amides is 1. The van der Waals surface area contributed by atoms with E-state index in [1.807, 2.05) is 32.0 Å². The second kappa shape index (κ2) is 6.36. The minimum atomic E-state index is -1.00. The molecule has 0 radical (unpaired) electrons. The number of rotatable bonds is 5. The second-order valence-corrected chi connectivity index (χ2v) is 5.13. The second-order valence-electron chi connectivity index (χ2n) is 5.13. The Kier molecular flexibility index (Phi) is 5.10. The molecule has 0 saturated heterocycles. The van der Waals surface area contributed by atoms with Gasteiger partial charge in [0.05, 0.1) is 0 Å². The first kappa shape index (κ1) is 15.2. The Morgan fingerprint density at radius 2 is 1.74 bits per heavy atom. The van der Waals surface area contributed by atoms with Gasteiger partial charge in [0, 0.05) is 12.3 Å². The van der Waals surface area contributed by atoms with E-state index in [2.05, 4.69) is 5.32 Å². The van der Waals surface area contributed by atoms with Crippen molar-refractivity contribution in [1.82, 2.24) is 5.32 Å². The highest BCUT2D eigenvalue weighted by atomic mass is 16.4. The molecule has 19 heavy (non-hydrogen) atoms. The minimum absolute atomic E-state index is 0.222. The molecular formula is C15H21NO3. The van der Waals surface area contributed by atoms with Crippen molar-refractivity contribution in [1.29, 1.82) is 0 Å². The molecule has 0 aromatic heterocycles. The van der Waals surface area contributed by atoms with Crippen LogP contribution in [-0.4, -0.2) is 23.0 Å². The van der Waals surface area contributed by atoms with E-state index in [9.17, 15) is 14.7 Å². The number of benzene rings is 1. The molecule has 0 aliphatic heterocycles. The van der Waals surface area contributed by atoms with E-state index in [4.69, 9.17) is 0 Å². The van der Waals surface area contributed by atoms with Gasteiger partial charge in [0.2, 0.25) is 5.91 Å². The van der Waals surface area contributed by atoms with Crippen molar-refractivity contribution in [2.45, 2.75) is 40.2 Å². The lowest BCUT2D eigenvalue weighted by molar-refractivity contribution is -0.142. The third kappa shape index (κ3) is 4.09. The molecule has 1 amide bonds. The lowest BCUT2D eigenvalue weighted by Gasteiger charge is -2.18. The van der Waals surface area contributed by atoms with Crippen LogP contribution in [0.3, 0.4) is 0 Å². The zero-order valence-electron chi connectivity index (χ0n) is 11.9. The maximum absolute atomic E-state index is 11.6. The summed E-state index contributed by atoms with van der Waals surface area (Å²) in [6.45, 7) is 7.39. The molecule has 2 N–H and O–H groups in total. The van der Waals surface area contributed by atoms with Crippen LogP contribution in [0.15, 0.2) is 18.2 Å². The molecule has 0 aliphatic carbocycles. The van der Waals surface area contributed by atoms with Crippen molar-refractivity contribution < 1.29 is 14.7 Å². The van der Waals surface area contributed by atoms with Crippen LogP contribution in [0, 0.1) is 19.8 Å². The first-order valence-electron chi connectivity index (χ1n) is 6.41. The Labute approximate surface area is 113 Å². The number of carbonyl (C=O) groups is 2. The van der Waals surface area contributed by atoms with Crippen molar-refractivity contribution in [2.24, 2.45) is 5.92 Å². The summed E-state index contributed by atoms with van der Waals surface area (Å²) in [4.78, 5) is 22.9. The van der Waals surface area contributed by atoms with Crippen LogP contribution >= 0.6 is 0 Å². The fraction of sp³-hybridized carbons (Fsp3) is 0.467. The molecule has 0 unspecified atom stereocenters. The first-order chi connectivity index (χ1) is 8.82.